The molecule has 0 heterocycles. The zero-order valence-electron chi connectivity index (χ0n) is 10.2. The SMILES string of the molecule is C\C=C(/N=C\C(=C/N)C(C)(C)C)C1CC1. The zero-order valence-corrected chi connectivity index (χ0v) is 10.2. The molecule has 0 aromatic carbocycles. The smallest absolute Gasteiger partial charge is 0.0392 e. The van der Waals surface area contributed by atoms with E-state index >= 15 is 0 Å². The largest absolute Gasteiger partial charge is 0.404 e. The topological polar surface area (TPSA) is 38.4 Å². The number of allylic oxidation sites excluding steroid dienone is 3. The average Bonchev–Trinajstić information content (AvgIpc) is 2.94. The Morgan fingerprint density at radius 1 is 1.33 bits per heavy atom. The van der Waals surface area contributed by atoms with Crippen molar-refractivity contribution in [3.8, 4) is 0 Å². The maximum Gasteiger partial charge on any atom is 0.0392 e. The number of aliphatic imine (C=N–C) groups is 1. The summed E-state index contributed by atoms with van der Waals surface area (Å²) in [7, 11) is 0. The lowest BCUT2D eigenvalue weighted by Gasteiger charge is -2.18. The van der Waals surface area contributed by atoms with Crippen LogP contribution in [-0.2, 0) is 0 Å². The van der Waals surface area contributed by atoms with E-state index in [2.05, 4.69) is 31.8 Å². The molecule has 2 nitrogen and oxygen atoms in total. The van der Waals surface area contributed by atoms with Gasteiger partial charge in [0.05, 0.1) is 0 Å². The lowest BCUT2D eigenvalue weighted by molar-refractivity contribution is 0.525. The van der Waals surface area contributed by atoms with Crippen molar-refractivity contribution >= 4 is 6.21 Å². The molecule has 0 aliphatic heterocycles. The second kappa shape index (κ2) is 4.65. The monoisotopic (exact) mass is 206 g/mol. The quantitative estimate of drug-likeness (QED) is 0.707. The van der Waals surface area contributed by atoms with Gasteiger partial charge >= 0.3 is 0 Å². The minimum atomic E-state index is 0.0701. The summed E-state index contributed by atoms with van der Waals surface area (Å²) in [6.45, 7) is 8.48. The molecular formula is C13H22N2. The maximum absolute atomic E-state index is 5.61. The highest BCUT2D eigenvalue weighted by molar-refractivity contribution is 5.80. The van der Waals surface area contributed by atoms with Crippen molar-refractivity contribution in [2.75, 3.05) is 0 Å². The predicted octanol–water partition coefficient (Wildman–Crippen LogP) is 3.26. The van der Waals surface area contributed by atoms with Crippen LogP contribution in [0.25, 0.3) is 0 Å². The van der Waals surface area contributed by atoms with Gasteiger partial charge in [0.15, 0.2) is 0 Å². The minimum absolute atomic E-state index is 0.0701. The van der Waals surface area contributed by atoms with Gasteiger partial charge in [0.1, 0.15) is 0 Å². The second-order valence-corrected chi connectivity index (χ2v) is 5.12. The fraction of sp³-hybridized carbons (Fsp3) is 0.615. The molecule has 0 bridgehead atoms. The van der Waals surface area contributed by atoms with Crippen molar-refractivity contribution in [3.63, 3.8) is 0 Å². The van der Waals surface area contributed by atoms with Gasteiger partial charge in [-0.1, -0.05) is 26.8 Å². The Labute approximate surface area is 93.0 Å². The van der Waals surface area contributed by atoms with Crippen LogP contribution in [0.3, 0.4) is 0 Å². The predicted molar refractivity (Wildman–Crippen MR) is 66.7 cm³/mol. The molecule has 15 heavy (non-hydrogen) atoms. The number of nitrogens with two attached hydrogens (primary N) is 1. The molecule has 0 saturated heterocycles. The van der Waals surface area contributed by atoms with Gasteiger partial charge < -0.3 is 5.73 Å². The molecule has 0 unspecified atom stereocenters. The van der Waals surface area contributed by atoms with Crippen LogP contribution in [-0.4, -0.2) is 6.21 Å². The maximum atomic E-state index is 5.61. The molecule has 0 atom stereocenters. The lowest BCUT2D eigenvalue weighted by atomic mass is 9.88. The number of rotatable bonds is 3. The molecule has 0 aromatic heterocycles. The Kier molecular flexibility index (Phi) is 3.72. The summed E-state index contributed by atoms with van der Waals surface area (Å²) in [4.78, 5) is 4.53. The van der Waals surface area contributed by atoms with Gasteiger partial charge in [-0.2, -0.15) is 0 Å². The summed E-state index contributed by atoms with van der Waals surface area (Å²) in [5.74, 6) is 0.699. The van der Waals surface area contributed by atoms with Gasteiger partial charge in [-0.15, -0.1) is 0 Å². The fourth-order valence-electron chi connectivity index (χ4n) is 1.43. The molecule has 84 valence electrons. The van der Waals surface area contributed by atoms with Gasteiger partial charge in [0.2, 0.25) is 0 Å². The summed E-state index contributed by atoms with van der Waals surface area (Å²) in [5.41, 5.74) is 7.97. The highest BCUT2D eigenvalue weighted by Gasteiger charge is 2.25. The molecule has 2 N–H and O–H groups in total. The number of hydrogen-bond acceptors (Lipinski definition) is 2. The fourth-order valence-corrected chi connectivity index (χ4v) is 1.43. The molecule has 0 amide bonds. The molecule has 1 aliphatic rings. The lowest BCUT2D eigenvalue weighted by Crippen LogP contribution is -2.12. The highest BCUT2D eigenvalue weighted by atomic mass is 14.8. The van der Waals surface area contributed by atoms with Crippen LogP contribution >= 0.6 is 0 Å². The normalized spacial score (nSPS) is 20.0. The third-order valence-electron chi connectivity index (χ3n) is 2.69. The third-order valence-corrected chi connectivity index (χ3v) is 2.69. The van der Waals surface area contributed by atoms with E-state index in [-0.39, 0.29) is 5.41 Å². The molecule has 0 aromatic rings. The molecule has 1 saturated carbocycles. The number of hydrogen-bond donors (Lipinski definition) is 1. The van der Waals surface area contributed by atoms with Crippen molar-refractivity contribution < 1.29 is 0 Å². The Morgan fingerprint density at radius 2 is 1.93 bits per heavy atom. The van der Waals surface area contributed by atoms with Crippen LogP contribution in [0.15, 0.2) is 28.5 Å². The first-order valence-corrected chi connectivity index (χ1v) is 5.61. The van der Waals surface area contributed by atoms with Gasteiger partial charge in [0.25, 0.3) is 0 Å². The minimum Gasteiger partial charge on any atom is -0.404 e. The molecule has 0 radical (unpaired) electrons. The van der Waals surface area contributed by atoms with Crippen LogP contribution in [0.2, 0.25) is 0 Å². The standard InChI is InChI=1S/C13H22N2/c1-5-12(10-6-7-10)15-9-11(8-14)13(2,3)4/h5,8-10H,6-7,14H2,1-4H3/b11-8+,12-5-,15-9-. The molecule has 1 aliphatic carbocycles. The molecule has 1 rings (SSSR count). The summed E-state index contributed by atoms with van der Waals surface area (Å²) in [5, 5.41) is 0. The van der Waals surface area contributed by atoms with E-state index in [1.165, 1.54) is 18.5 Å². The number of nitrogens with zero attached hydrogens (tertiary/aromatic N) is 1. The van der Waals surface area contributed by atoms with Crippen molar-refractivity contribution in [3.05, 3.63) is 23.5 Å². The summed E-state index contributed by atoms with van der Waals surface area (Å²) < 4.78 is 0. The molecule has 1 fully saturated rings. The molecule has 0 spiro atoms. The van der Waals surface area contributed by atoms with E-state index in [0.717, 1.165) is 5.57 Å². The summed E-state index contributed by atoms with van der Waals surface area (Å²) >= 11 is 0. The first-order chi connectivity index (χ1) is 6.99. The first-order valence-electron chi connectivity index (χ1n) is 5.61. The summed E-state index contributed by atoms with van der Waals surface area (Å²) in [6, 6.07) is 0. The zero-order chi connectivity index (χ0) is 11.5. The van der Waals surface area contributed by atoms with E-state index in [1.54, 1.807) is 6.20 Å². The van der Waals surface area contributed by atoms with E-state index in [4.69, 9.17) is 5.73 Å². The first kappa shape index (κ1) is 12.0. The Bertz CT molecular complexity index is 299. The van der Waals surface area contributed by atoms with Gasteiger partial charge in [-0.05, 0) is 37.0 Å². The highest BCUT2D eigenvalue weighted by Crippen LogP contribution is 2.37. The second-order valence-electron chi connectivity index (χ2n) is 5.12. The van der Waals surface area contributed by atoms with Crippen LogP contribution < -0.4 is 5.73 Å². The van der Waals surface area contributed by atoms with Crippen LogP contribution in [0, 0.1) is 11.3 Å². The van der Waals surface area contributed by atoms with E-state index in [1.807, 2.05) is 13.1 Å². The Hall–Kier alpha value is -1.05. The molecule has 2 heteroatoms. The average molecular weight is 206 g/mol. The van der Waals surface area contributed by atoms with Crippen molar-refractivity contribution in [1.82, 2.24) is 0 Å². The van der Waals surface area contributed by atoms with Crippen LogP contribution in [0.5, 0.6) is 0 Å². The van der Waals surface area contributed by atoms with E-state index in [0.29, 0.717) is 5.92 Å². The van der Waals surface area contributed by atoms with E-state index in [9.17, 15) is 0 Å². The molecular weight excluding hydrogens is 184 g/mol. The van der Waals surface area contributed by atoms with Gasteiger partial charge in [-0.3, -0.25) is 4.99 Å². The third kappa shape index (κ3) is 3.54. The van der Waals surface area contributed by atoms with E-state index < -0.39 is 0 Å². The Morgan fingerprint density at radius 3 is 2.27 bits per heavy atom. The van der Waals surface area contributed by atoms with Gasteiger partial charge in [0, 0.05) is 17.8 Å². The van der Waals surface area contributed by atoms with Crippen molar-refractivity contribution in [2.45, 2.75) is 40.5 Å². The van der Waals surface area contributed by atoms with Crippen LogP contribution in [0.4, 0.5) is 0 Å². The Balaban J connectivity index is 2.70. The van der Waals surface area contributed by atoms with Gasteiger partial charge in [-0.25, -0.2) is 0 Å². The van der Waals surface area contributed by atoms with Crippen LogP contribution in [0.1, 0.15) is 40.5 Å². The summed E-state index contributed by atoms with van der Waals surface area (Å²) in [6.07, 6.45) is 8.24. The van der Waals surface area contributed by atoms with Crippen molar-refractivity contribution in [2.24, 2.45) is 22.1 Å². The van der Waals surface area contributed by atoms with Crippen molar-refractivity contribution in [1.29, 1.82) is 0 Å².